The van der Waals surface area contributed by atoms with Gasteiger partial charge >= 0.3 is 0 Å². The third-order valence-electron chi connectivity index (χ3n) is 2.19. The van der Waals surface area contributed by atoms with E-state index in [-0.39, 0.29) is 13.0 Å². The van der Waals surface area contributed by atoms with Gasteiger partial charge in [0.1, 0.15) is 6.20 Å². The standard InChI is InChI=1S/C11H9ClN4O2/c12-9-6-13-11(14-7-9)8-1-3-16(15-5-8)4-2-10(17)18/h1,3,5-7H,2,4H2. The summed E-state index contributed by atoms with van der Waals surface area (Å²) in [5.74, 6) is -0.589. The summed E-state index contributed by atoms with van der Waals surface area (Å²) in [6, 6.07) is 1.76. The van der Waals surface area contributed by atoms with Crippen LogP contribution in [-0.2, 0) is 11.3 Å². The molecule has 2 aromatic heterocycles. The van der Waals surface area contributed by atoms with Gasteiger partial charge in [0.2, 0.25) is 0 Å². The normalized spacial score (nSPS) is 10.3. The highest BCUT2D eigenvalue weighted by Gasteiger charge is 2.06. The minimum Gasteiger partial charge on any atom is -0.550 e. The minimum absolute atomic E-state index is 0.0749. The first-order chi connectivity index (χ1) is 8.65. The summed E-state index contributed by atoms with van der Waals surface area (Å²) in [4.78, 5) is 18.4. The smallest absolute Gasteiger partial charge is 0.197 e. The van der Waals surface area contributed by atoms with Crippen LogP contribution in [0, 0.1) is 0 Å². The fourth-order valence-electron chi connectivity index (χ4n) is 1.32. The summed E-state index contributed by atoms with van der Waals surface area (Å²) in [5.41, 5.74) is 0.733. The number of carboxylic acid groups (broad SMARTS) is 1. The molecule has 6 nitrogen and oxygen atoms in total. The first-order valence-electron chi connectivity index (χ1n) is 5.19. The lowest BCUT2D eigenvalue weighted by molar-refractivity contribution is -0.753. The van der Waals surface area contributed by atoms with Crippen molar-refractivity contribution in [2.75, 3.05) is 0 Å². The molecule has 0 unspecified atom stereocenters. The minimum atomic E-state index is -1.10. The average molecular weight is 265 g/mol. The number of hydrogen-bond acceptors (Lipinski definition) is 5. The summed E-state index contributed by atoms with van der Waals surface area (Å²) in [6.07, 6.45) is 6.16. The van der Waals surface area contributed by atoms with Crippen molar-refractivity contribution in [1.29, 1.82) is 0 Å². The molecule has 0 aromatic carbocycles. The Morgan fingerprint density at radius 1 is 1.33 bits per heavy atom. The van der Waals surface area contributed by atoms with Crippen molar-refractivity contribution in [3.63, 3.8) is 0 Å². The number of hydrogen-bond donors (Lipinski definition) is 0. The van der Waals surface area contributed by atoms with Gasteiger partial charge in [0.05, 0.1) is 5.02 Å². The lowest BCUT2D eigenvalue weighted by atomic mass is 10.3. The molecule has 2 heterocycles. The quantitative estimate of drug-likeness (QED) is 0.703. The van der Waals surface area contributed by atoms with E-state index in [1.165, 1.54) is 17.1 Å². The Labute approximate surface area is 108 Å². The number of nitrogens with zero attached hydrogens (tertiary/aromatic N) is 4. The van der Waals surface area contributed by atoms with Crippen molar-refractivity contribution in [3.8, 4) is 11.4 Å². The number of halogens is 1. The van der Waals surface area contributed by atoms with Crippen LogP contribution in [0.25, 0.3) is 11.4 Å². The zero-order valence-electron chi connectivity index (χ0n) is 9.28. The second-order valence-electron chi connectivity index (χ2n) is 3.53. The fourth-order valence-corrected chi connectivity index (χ4v) is 1.41. The van der Waals surface area contributed by atoms with Crippen LogP contribution >= 0.6 is 11.6 Å². The Hall–Kier alpha value is -2.08. The Kier molecular flexibility index (Phi) is 3.78. The number of carboxylic acids is 1. The van der Waals surface area contributed by atoms with E-state index >= 15 is 0 Å². The third kappa shape index (κ3) is 3.21. The van der Waals surface area contributed by atoms with Crippen molar-refractivity contribution in [2.24, 2.45) is 0 Å². The molecule has 0 fully saturated rings. The number of carbonyl (C=O) groups is 1. The molecule has 2 aromatic rings. The highest BCUT2D eigenvalue weighted by Crippen LogP contribution is 2.12. The molecule has 0 amide bonds. The molecule has 18 heavy (non-hydrogen) atoms. The molecule has 7 heteroatoms. The van der Waals surface area contributed by atoms with Gasteiger partial charge in [-0.05, 0) is 5.10 Å². The van der Waals surface area contributed by atoms with E-state index < -0.39 is 5.97 Å². The van der Waals surface area contributed by atoms with Gasteiger partial charge in [0.15, 0.2) is 18.6 Å². The zero-order chi connectivity index (χ0) is 13.0. The molecule has 0 N–H and O–H groups in total. The van der Waals surface area contributed by atoms with Crippen LogP contribution < -0.4 is 9.79 Å². The van der Waals surface area contributed by atoms with Crippen LogP contribution in [0.15, 0.2) is 30.9 Å². The molecule has 92 valence electrons. The van der Waals surface area contributed by atoms with Crippen LogP contribution in [-0.4, -0.2) is 21.0 Å². The van der Waals surface area contributed by atoms with Crippen molar-refractivity contribution < 1.29 is 14.6 Å². The molecular formula is C11H9ClN4O2. The summed E-state index contributed by atoms with van der Waals surface area (Å²) in [6.45, 7) is 0.268. The van der Waals surface area contributed by atoms with Crippen molar-refractivity contribution in [2.45, 2.75) is 13.0 Å². The van der Waals surface area contributed by atoms with Gasteiger partial charge in [0.25, 0.3) is 0 Å². The summed E-state index contributed by atoms with van der Waals surface area (Å²) < 4.78 is 1.51. The molecule has 0 bridgehead atoms. The van der Waals surface area contributed by atoms with Gasteiger partial charge in [-0.2, -0.15) is 0 Å². The van der Waals surface area contributed by atoms with Crippen molar-refractivity contribution in [3.05, 3.63) is 35.9 Å². The van der Waals surface area contributed by atoms with Gasteiger partial charge in [-0.3, -0.25) is 0 Å². The Balaban J connectivity index is 2.12. The van der Waals surface area contributed by atoms with Crippen LogP contribution in [0.2, 0.25) is 5.02 Å². The second-order valence-corrected chi connectivity index (χ2v) is 3.96. The van der Waals surface area contributed by atoms with E-state index in [9.17, 15) is 9.90 Å². The van der Waals surface area contributed by atoms with Crippen LogP contribution in [0.1, 0.15) is 6.42 Å². The van der Waals surface area contributed by atoms with E-state index in [0.29, 0.717) is 10.8 Å². The van der Waals surface area contributed by atoms with Gasteiger partial charge in [0, 0.05) is 36.4 Å². The lowest BCUT2D eigenvalue weighted by Crippen LogP contribution is -2.40. The maximum atomic E-state index is 10.3. The van der Waals surface area contributed by atoms with E-state index in [4.69, 9.17) is 11.6 Å². The zero-order valence-corrected chi connectivity index (χ0v) is 10.0. The molecule has 0 aliphatic heterocycles. The maximum Gasteiger partial charge on any atom is 0.197 e. The Bertz CT molecular complexity index is 542. The summed E-state index contributed by atoms with van der Waals surface area (Å²) in [5, 5.41) is 14.8. The molecule has 0 saturated heterocycles. The van der Waals surface area contributed by atoms with Gasteiger partial charge in [-0.25, -0.2) is 9.97 Å². The highest BCUT2D eigenvalue weighted by atomic mass is 35.5. The van der Waals surface area contributed by atoms with Crippen molar-refractivity contribution in [1.82, 2.24) is 15.1 Å². The number of carbonyl (C=O) groups excluding carboxylic acids is 1. The molecule has 0 radical (unpaired) electrons. The fraction of sp³-hybridized carbons (Fsp3) is 0.182. The number of aliphatic carboxylic acids is 1. The SMILES string of the molecule is O=C([O-])CC[n+]1ccc(-c2ncc(Cl)cn2)cn1. The predicted octanol–water partition coefficient (Wildman–Crippen LogP) is -0.380. The van der Waals surface area contributed by atoms with E-state index in [1.54, 1.807) is 18.5 Å². The second kappa shape index (κ2) is 5.50. The monoisotopic (exact) mass is 264 g/mol. The molecule has 0 aliphatic carbocycles. The topological polar surface area (TPSA) is 82.7 Å². The van der Waals surface area contributed by atoms with Crippen LogP contribution in [0.4, 0.5) is 0 Å². The first kappa shape index (κ1) is 12.4. The van der Waals surface area contributed by atoms with Crippen LogP contribution in [0.3, 0.4) is 0 Å². The van der Waals surface area contributed by atoms with E-state index in [0.717, 1.165) is 5.56 Å². The Morgan fingerprint density at radius 2 is 2.06 bits per heavy atom. The van der Waals surface area contributed by atoms with Gasteiger partial charge < -0.3 is 9.90 Å². The summed E-state index contributed by atoms with van der Waals surface area (Å²) >= 11 is 5.69. The number of aryl methyl sites for hydroxylation is 1. The molecular weight excluding hydrogens is 256 g/mol. The molecule has 0 aliphatic rings. The largest absolute Gasteiger partial charge is 0.550 e. The van der Waals surface area contributed by atoms with E-state index in [2.05, 4.69) is 15.1 Å². The van der Waals surface area contributed by atoms with Gasteiger partial charge in [-0.15, -0.1) is 0 Å². The average Bonchev–Trinajstić information content (AvgIpc) is 2.38. The lowest BCUT2D eigenvalue weighted by Gasteiger charge is -1.99. The van der Waals surface area contributed by atoms with E-state index in [1.807, 2.05) is 0 Å². The number of aromatic nitrogens is 4. The predicted molar refractivity (Wildman–Crippen MR) is 60.1 cm³/mol. The van der Waals surface area contributed by atoms with Crippen molar-refractivity contribution >= 4 is 17.6 Å². The molecule has 0 saturated carbocycles. The first-order valence-corrected chi connectivity index (χ1v) is 5.56. The molecule has 0 atom stereocenters. The molecule has 2 rings (SSSR count). The Morgan fingerprint density at radius 3 is 2.61 bits per heavy atom. The summed E-state index contributed by atoms with van der Waals surface area (Å²) in [7, 11) is 0. The van der Waals surface area contributed by atoms with Crippen LogP contribution in [0.5, 0.6) is 0 Å². The number of rotatable bonds is 4. The highest BCUT2D eigenvalue weighted by molar-refractivity contribution is 6.30. The van der Waals surface area contributed by atoms with Gasteiger partial charge in [-0.1, -0.05) is 16.3 Å². The third-order valence-corrected chi connectivity index (χ3v) is 2.39. The maximum absolute atomic E-state index is 10.3. The molecule has 0 spiro atoms.